The predicted molar refractivity (Wildman–Crippen MR) is 65.6 cm³/mol. The number of hydrogen-bond acceptors (Lipinski definition) is 4. The van der Waals surface area contributed by atoms with Crippen molar-refractivity contribution in [3.05, 3.63) is 39.9 Å². The van der Waals surface area contributed by atoms with E-state index in [2.05, 4.69) is 4.74 Å². The van der Waals surface area contributed by atoms with Gasteiger partial charge in [-0.2, -0.15) is 0 Å². The van der Waals surface area contributed by atoms with Gasteiger partial charge in [0.1, 0.15) is 11.5 Å². The predicted octanol–water partition coefficient (Wildman–Crippen LogP) is 2.70. The zero-order valence-corrected chi connectivity index (χ0v) is 10.8. The van der Waals surface area contributed by atoms with Gasteiger partial charge in [-0.25, -0.2) is 9.59 Å². The fraction of sp³-hybridized carbons (Fsp3) is 0.286. The highest BCUT2D eigenvalue weighted by Crippen LogP contribution is 2.28. The lowest BCUT2D eigenvalue weighted by Crippen LogP contribution is -1.97. The molecule has 0 atom stereocenters. The second kappa shape index (κ2) is 4.29. The van der Waals surface area contributed by atoms with Gasteiger partial charge in [0.05, 0.1) is 11.1 Å². The number of rotatable bonds is 1. The van der Waals surface area contributed by atoms with Crippen molar-refractivity contribution in [2.75, 3.05) is 0 Å². The molecule has 4 nitrogen and oxygen atoms in total. The Hall–Kier alpha value is -2.10. The standard InChI is InChI=1S/C14H14O4/c1-7(2)12-11(13(15)18-14(12)16)6-10-5-8(3)17-9(10)4/h5-6H,1-4H3/b11-6+. The smallest absolute Gasteiger partial charge is 0.346 e. The highest BCUT2D eigenvalue weighted by atomic mass is 16.6. The maximum absolute atomic E-state index is 11.6. The van der Waals surface area contributed by atoms with Crippen LogP contribution in [0.25, 0.3) is 6.08 Å². The summed E-state index contributed by atoms with van der Waals surface area (Å²) >= 11 is 0. The number of allylic oxidation sites excluding steroid dienone is 1. The third kappa shape index (κ3) is 2.01. The van der Waals surface area contributed by atoms with Crippen molar-refractivity contribution in [1.82, 2.24) is 0 Å². The van der Waals surface area contributed by atoms with E-state index in [1.165, 1.54) is 0 Å². The van der Waals surface area contributed by atoms with Crippen LogP contribution in [-0.2, 0) is 14.3 Å². The summed E-state index contributed by atoms with van der Waals surface area (Å²) in [5.41, 5.74) is 2.19. The van der Waals surface area contributed by atoms with Crippen LogP contribution in [0.5, 0.6) is 0 Å². The Balaban J connectivity index is 2.55. The van der Waals surface area contributed by atoms with E-state index in [-0.39, 0.29) is 0 Å². The average Bonchev–Trinajstić information content (AvgIpc) is 2.68. The van der Waals surface area contributed by atoms with Crippen molar-refractivity contribution in [1.29, 1.82) is 0 Å². The van der Waals surface area contributed by atoms with Gasteiger partial charge < -0.3 is 9.15 Å². The first-order valence-electron chi connectivity index (χ1n) is 5.63. The van der Waals surface area contributed by atoms with Crippen LogP contribution in [0, 0.1) is 13.8 Å². The lowest BCUT2D eigenvalue weighted by molar-refractivity contribution is -0.149. The van der Waals surface area contributed by atoms with Crippen LogP contribution in [0.2, 0.25) is 0 Å². The summed E-state index contributed by atoms with van der Waals surface area (Å²) in [7, 11) is 0. The summed E-state index contributed by atoms with van der Waals surface area (Å²) < 4.78 is 10.0. The minimum Gasteiger partial charge on any atom is -0.466 e. The van der Waals surface area contributed by atoms with Crippen molar-refractivity contribution in [2.24, 2.45) is 0 Å². The van der Waals surface area contributed by atoms with Crippen molar-refractivity contribution >= 4 is 18.0 Å². The first-order valence-corrected chi connectivity index (χ1v) is 5.63. The highest BCUT2D eigenvalue weighted by Gasteiger charge is 2.34. The Labute approximate surface area is 105 Å². The van der Waals surface area contributed by atoms with E-state index in [1.807, 2.05) is 19.9 Å². The normalized spacial score (nSPS) is 17.6. The molecule has 1 aliphatic heterocycles. The molecule has 1 aliphatic rings. The molecule has 18 heavy (non-hydrogen) atoms. The fourth-order valence-corrected chi connectivity index (χ4v) is 1.96. The topological polar surface area (TPSA) is 56.5 Å². The van der Waals surface area contributed by atoms with Crippen molar-refractivity contribution in [3.63, 3.8) is 0 Å². The van der Waals surface area contributed by atoms with Crippen LogP contribution >= 0.6 is 0 Å². The SMILES string of the molecule is CC(C)=C1C(=O)OC(=O)/C1=C/c1cc(C)oc1C. The van der Waals surface area contributed by atoms with E-state index < -0.39 is 11.9 Å². The molecule has 2 rings (SSSR count). The Kier molecular flexibility index (Phi) is 2.95. The molecule has 1 aromatic heterocycles. The molecule has 1 fully saturated rings. The first-order chi connectivity index (χ1) is 8.40. The summed E-state index contributed by atoms with van der Waals surface area (Å²) in [5.74, 6) is 0.287. The molecule has 4 heteroatoms. The number of ether oxygens (including phenoxy) is 1. The van der Waals surface area contributed by atoms with Gasteiger partial charge in [0.2, 0.25) is 0 Å². The Morgan fingerprint density at radius 1 is 1.17 bits per heavy atom. The zero-order valence-electron chi connectivity index (χ0n) is 10.8. The quantitative estimate of drug-likeness (QED) is 0.434. The van der Waals surface area contributed by atoms with Crippen LogP contribution in [0.3, 0.4) is 0 Å². The van der Waals surface area contributed by atoms with Gasteiger partial charge >= 0.3 is 11.9 Å². The van der Waals surface area contributed by atoms with Gasteiger partial charge in [-0.05, 0) is 39.8 Å². The number of carbonyl (C=O) groups excluding carboxylic acids is 2. The minimum absolute atomic E-state index is 0.295. The average molecular weight is 246 g/mol. The zero-order chi connectivity index (χ0) is 13.4. The fourth-order valence-electron chi connectivity index (χ4n) is 1.96. The number of carbonyl (C=O) groups is 2. The molecule has 0 bridgehead atoms. The van der Waals surface area contributed by atoms with Crippen molar-refractivity contribution in [3.8, 4) is 0 Å². The molecule has 94 valence electrons. The molecule has 0 radical (unpaired) electrons. The lowest BCUT2D eigenvalue weighted by atomic mass is 10.0. The molecular weight excluding hydrogens is 232 g/mol. The maximum atomic E-state index is 11.6. The van der Waals surface area contributed by atoms with E-state index in [0.29, 0.717) is 16.9 Å². The minimum atomic E-state index is -0.602. The third-order valence-corrected chi connectivity index (χ3v) is 2.76. The second-order valence-electron chi connectivity index (χ2n) is 4.48. The molecule has 0 spiro atoms. The van der Waals surface area contributed by atoms with Crippen LogP contribution in [0.1, 0.15) is 30.9 Å². The van der Waals surface area contributed by atoms with E-state index in [0.717, 1.165) is 16.9 Å². The number of esters is 2. The molecular formula is C14H14O4. The number of furan rings is 1. The van der Waals surface area contributed by atoms with Gasteiger partial charge in [0, 0.05) is 5.56 Å². The maximum Gasteiger partial charge on any atom is 0.346 e. The summed E-state index contributed by atoms with van der Waals surface area (Å²) in [6.07, 6.45) is 1.64. The molecule has 0 unspecified atom stereocenters. The van der Waals surface area contributed by atoms with E-state index in [1.54, 1.807) is 19.9 Å². The van der Waals surface area contributed by atoms with Gasteiger partial charge in [0.25, 0.3) is 0 Å². The molecule has 1 saturated heterocycles. The summed E-state index contributed by atoms with van der Waals surface area (Å²) in [5, 5.41) is 0. The van der Waals surface area contributed by atoms with E-state index in [9.17, 15) is 9.59 Å². The molecule has 0 aliphatic carbocycles. The van der Waals surface area contributed by atoms with Crippen LogP contribution in [0.15, 0.2) is 27.2 Å². The Morgan fingerprint density at radius 3 is 2.33 bits per heavy atom. The molecule has 0 saturated carbocycles. The lowest BCUT2D eigenvalue weighted by Gasteiger charge is -1.97. The van der Waals surface area contributed by atoms with Gasteiger partial charge in [-0.1, -0.05) is 5.57 Å². The first kappa shape index (κ1) is 12.4. The van der Waals surface area contributed by atoms with Gasteiger partial charge in [-0.15, -0.1) is 0 Å². The number of cyclic esters (lactones) is 2. The van der Waals surface area contributed by atoms with Gasteiger partial charge in [0.15, 0.2) is 0 Å². The number of hydrogen-bond donors (Lipinski definition) is 0. The second-order valence-corrected chi connectivity index (χ2v) is 4.48. The number of aryl methyl sites for hydroxylation is 2. The van der Waals surface area contributed by atoms with Crippen molar-refractivity contribution < 1.29 is 18.7 Å². The summed E-state index contributed by atoms with van der Waals surface area (Å²) in [6, 6.07) is 1.82. The Bertz CT molecular complexity index is 595. The highest BCUT2D eigenvalue weighted by molar-refractivity contribution is 6.20. The van der Waals surface area contributed by atoms with Crippen LogP contribution in [0.4, 0.5) is 0 Å². The van der Waals surface area contributed by atoms with Gasteiger partial charge in [-0.3, -0.25) is 0 Å². The monoisotopic (exact) mass is 246 g/mol. The van der Waals surface area contributed by atoms with E-state index in [4.69, 9.17) is 4.42 Å². The molecule has 0 N–H and O–H groups in total. The van der Waals surface area contributed by atoms with Crippen LogP contribution in [-0.4, -0.2) is 11.9 Å². The summed E-state index contributed by atoms with van der Waals surface area (Å²) in [4.78, 5) is 23.2. The van der Waals surface area contributed by atoms with Crippen LogP contribution < -0.4 is 0 Å². The molecule has 1 aromatic rings. The van der Waals surface area contributed by atoms with Crippen molar-refractivity contribution in [2.45, 2.75) is 27.7 Å². The Morgan fingerprint density at radius 2 is 1.83 bits per heavy atom. The van der Waals surface area contributed by atoms with E-state index >= 15 is 0 Å². The molecule has 0 aromatic carbocycles. The molecule has 0 amide bonds. The largest absolute Gasteiger partial charge is 0.466 e. The summed E-state index contributed by atoms with van der Waals surface area (Å²) in [6.45, 7) is 7.19. The third-order valence-electron chi connectivity index (χ3n) is 2.76. The molecule has 2 heterocycles.